The van der Waals surface area contributed by atoms with E-state index in [1.54, 1.807) is 30.6 Å². The van der Waals surface area contributed by atoms with Gasteiger partial charge >= 0.3 is 0 Å². The van der Waals surface area contributed by atoms with Crippen LogP contribution >= 0.6 is 0 Å². The normalized spacial score (nSPS) is 18.4. The number of hydrogen-bond acceptors (Lipinski definition) is 5. The Morgan fingerprint density at radius 2 is 2.05 bits per heavy atom. The molecule has 22 heavy (non-hydrogen) atoms. The summed E-state index contributed by atoms with van der Waals surface area (Å²) in [6.07, 6.45) is 3.05. The van der Waals surface area contributed by atoms with Crippen LogP contribution in [0.4, 0.5) is 0 Å². The molecular formula is C15H20N4O2S. The average molecular weight is 320 g/mol. The predicted octanol–water partition coefficient (Wildman–Crippen LogP) is 0.764. The van der Waals surface area contributed by atoms with Crippen LogP contribution in [0.1, 0.15) is 6.92 Å². The summed E-state index contributed by atoms with van der Waals surface area (Å²) in [5.74, 6) is 0. The molecule has 0 radical (unpaired) electrons. The molecule has 1 saturated heterocycles. The van der Waals surface area contributed by atoms with Gasteiger partial charge in [0.2, 0.25) is 10.0 Å². The van der Waals surface area contributed by atoms with E-state index in [1.807, 2.05) is 13.0 Å². The zero-order valence-corrected chi connectivity index (χ0v) is 13.3. The van der Waals surface area contributed by atoms with Crippen molar-refractivity contribution in [1.29, 1.82) is 0 Å². The number of nitrogens with zero attached hydrogens (tertiary/aromatic N) is 2. The number of pyridine rings is 1. The molecule has 1 aromatic heterocycles. The molecule has 0 spiro atoms. The minimum atomic E-state index is -3.58. The molecule has 0 aliphatic carbocycles. The Morgan fingerprint density at radius 1 is 1.27 bits per heavy atom. The Balaban J connectivity index is 1.88. The zero-order chi connectivity index (χ0) is 15.6. The molecule has 118 valence electrons. The van der Waals surface area contributed by atoms with Gasteiger partial charge in [-0.2, -0.15) is 4.72 Å². The van der Waals surface area contributed by atoms with Crippen molar-refractivity contribution in [2.75, 3.05) is 26.2 Å². The molecule has 7 heteroatoms. The summed E-state index contributed by atoms with van der Waals surface area (Å²) < 4.78 is 28.2. The fraction of sp³-hybridized carbons (Fsp3) is 0.400. The summed E-state index contributed by atoms with van der Waals surface area (Å²) in [6, 6.07) is 6.98. The van der Waals surface area contributed by atoms with E-state index in [4.69, 9.17) is 0 Å². The molecule has 1 unspecified atom stereocenters. The summed E-state index contributed by atoms with van der Waals surface area (Å²) in [5, 5.41) is 4.77. The van der Waals surface area contributed by atoms with E-state index in [2.05, 4.69) is 19.9 Å². The number of rotatable bonds is 4. The monoisotopic (exact) mass is 320 g/mol. The van der Waals surface area contributed by atoms with Crippen LogP contribution in [0.2, 0.25) is 0 Å². The highest BCUT2D eigenvalue weighted by molar-refractivity contribution is 7.89. The molecule has 1 aromatic carbocycles. The van der Waals surface area contributed by atoms with E-state index >= 15 is 0 Å². The average Bonchev–Trinajstić information content (AvgIpc) is 2.54. The molecule has 1 fully saturated rings. The van der Waals surface area contributed by atoms with Crippen LogP contribution < -0.4 is 10.0 Å². The molecule has 1 aliphatic rings. The standard InChI is InChI=1S/C15H20N4O2S/c1-12(19-9-7-16-8-10-19)18-22(20,21)15-4-2-3-13-11-17-6-5-14(13)15/h2-6,11-12,16,18H,7-10H2,1H3. The predicted molar refractivity (Wildman–Crippen MR) is 86.0 cm³/mol. The summed E-state index contributed by atoms with van der Waals surface area (Å²) in [4.78, 5) is 6.47. The number of aromatic nitrogens is 1. The number of benzene rings is 1. The number of hydrogen-bond donors (Lipinski definition) is 2. The number of fused-ring (bicyclic) bond motifs is 1. The number of sulfonamides is 1. The van der Waals surface area contributed by atoms with Crippen LogP contribution in [0, 0.1) is 0 Å². The summed E-state index contributed by atoms with van der Waals surface area (Å²) in [5.41, 5.74) is 0. The van der Waals surface area contributed by atoms with Crippen molar-refractivity contribution in [2.45, 2.75) is 18.0 Å². The van der Waals surface area contributed by atoms with Crippen LogP contribution in [-0.4, -0.2) is 50.6 Å². The van der Waals surface area contributed by atoms with Gasteiger partial charge in [0, 0.05) is 49.3 Å². The van der Waals surface area contributed by atoms with Crippen molar-refractivity contribution >= 4 is 20.8 Å². The third-order valence-corrected chi connectivity index (χ3v) is 5.54. The van der Waals surface area contributed by atoms with Gasteiger partial charge in [0.05, 0.1) is 11.1 Å². The van der Waals surface area contributed by atoms with Gasteiger partial charge in [-0.25, -0.2) is 8.42 Å². The molecule has 0 bridgehead atoms. The SMILES string of the molecule is CC(NS(=O)(=O)c1cccc2cnccc12)N1CCNCC1. The minimum absolute atomic E-state index is 0.232. The van der Waals surface area contributed by atoms with E-state index in [-0.39, 0.29) is 6.17 Å². The third kappa shape index (κ3) is 3.12. The molecule has 1 aliphatic heterocycles. The fourth-order valence-corrected chi connectivity index (χ4v) is 4.22. The van der Waals surface area contributed by atoms with E-state index in [0.29, 0.717) is 10.3 Å². The molecule has 2 N–H and O–H groups in total. The fourth-order valence-electron chi connectivity index (χ4n) is 2.76. The van der Waals surface area contributed by atoms with Gasteiger partial charge in [-0.15, -0.1) is 0 Å². The van der Waals surface area contributed by atoms with Crippen molar-refractivity contribution < 1.29 is 8.42 Å². The first-order chi connectivity index (χ1) is 10.6. The Kier molecular flexibility index (Phi) is 4.39. The van der Waals surface area contributed by atoms with Crippen molar-refractivity contribution in [3.05, 3.63) is 36.7 Å². The Labute approximate surface area is 130 Å². The molecule has 1 atom stereocenters. The first-order valence-corrected chi connectivity index (χ1v) is 8.86. The maximum Gasteiger partial charge on any atom is 0.242 e. The lowest BCUT2D eigenvalue weighted by atomic mass is 10.2. The molecule has 0 saturated carbocycles. The quantitative estimate of drug-likeness (QED) is 0.870. The van der Waals surface area contributed by atoms with Crippen LogP contribution in [0.25, 0.3) is 10.8 Å². The topological polar surface area (TPSA) is 74.3 Å². The van der Waals surface area contributed by atoms with Crippen LogP contribution in [0.5, 0.6) is 0 Å². The van der Waals surface area contributed by atoms with E-state index < -0.39 is 10.0 Å². The van der Waals surface area contributed by atoms with Gasteiger partial charge in [0.25, 0.3) is 0 Å². The lowest BCUT2D eigenvalue weighted by Crippen LogP contribution is -2.53. The second-order valence-electron chi connectivity index (χ2n) is 5.44. The van der Waals surface area contributed by atoms with Gasteiger partial charge in [0.1, 0.15) is 0 Å². The first kappa shape index (κ1) is 15.4. The van der Waals surface area contributed by atoms with Crippen molar-refractivity contribution in [3.8, 4) is 0 Å². The number of piperazine rings is 1. The highest BCUT2D eigenvalue weighted by atomic mass is 32.2. The molecule has 6 nitrogen and oxygen atoms in total. The van der Waals surface area contributed by atoms with E-state index in [1.165, 1.54) is 0 Å². The third-order valence-electron chi connectivity index (χ3n) is 3.96. The van der Waals surface area contributed by atoms with Gasteiger partial charge < -0.3 is 5.32 Å². The molecular weight excluding hydrogens is 300 g/mol. The lowest BCUT2D eigenvalue weighted by molar-refractivity contribution is 0.176. The lowest BCUT2D eigenvalue weighted by Gasteiger charge is -2.32. The largest absolute Gasteiger partial charge is 0.314 e. The zero-order valence-electron chi connectivity index (χ0n) is 12.5. The molecule has 3 rings (SSSR count). The first-order valence-electron chi connectivity index (χ1n) is 7.38. The smallest absolute Gasteiger partial charge is 0.242 e. The second kappa shape index (κ2) is 6.29. The number of nitrogens with one attached hydrogen (secondary N) is 2. The Bertz CT molecular complexity index is 752. The van der Waals surface area contributed by atoms with Crippen LogP contribution in [0.15, 0.2) is 41.6 Å². The summed E-state index contributed by atoms with van der Waals surface area (Å²) >= 11 is 0. The van der Waals surface area contributed by atoms with Crippen LogP contribution in [-0.2, 0) is 10.0 Å². The maximum atomic E-state index is 12.7. The second-order valence-corrected chi connectivity index (χ2v) is 7.12. The summed E-state index contributed by atoms with van der Waals surface area (Å²) in [6.45, 7) is 5.32. The summed E-state index contributed by atoms with van der Waals surface area (Å²) in [7, 11) is -3.58. The molecule has 2 aromatic rings. The van der Waals surface area contributed by atoms with Crippen LogP contribution in [0.3, 0.4) is 0 Å². The maximum absolute atomic E-state index is 12.7. The highest BCUT2D eigenvalue weighted by Crippen LogP contribution is 2.22. The van der Waals surface area contributed by atoms with Crippen molar-refractivity contribution in [3.63, 3.8) is 0 Å². The van der Waals surface area contributed by atoms with E-state index in [9.17, 15) is 8.42 Å². The van der Waals surface area contributed by atoms with Crippen molar-refractivity contribution in [1.82, 2.24) is 19.9 Å². The van der Waals surface area contributed by atoms with Gasteiger partial charge in [-0.1, -0.05) is 12.1 Å². The molecule has 0 amide bonds. The highest BCUT2D eigenvalue weighted by Gasteiger charge is 2.24. The molecule has 2 heterocycles. The van der Waals surface area contributed by atoms with Crippen molar-refractivity contribution in [2.24, 2.45) is 0 Å². The van der Waals surface area contributed by atoms with Gasteiger partial charge in [-0.3, -0.25) is 9.88 Å². The minimum Gasteiger partial charge on any atom is -0.314 e. The Morgan fingerprint density at radius 3 is 2.82 bits per heavy atom. The van der Waals surface area contributed by atoms with Gasteiger partial charge in [0.15, 0.2) is 0 Å². The van der Waals surface area contributed by atoms with E-state index in [0.717, 1.165) is 31.6 Å². The van der Waals surface area contributed by atoms with Gasteiger partial charge in [-0.05, 0) is 19.1 Å². The Hall–Kier alpha value is -1.54.